The highest BCUT2D eigenvalue weighted by molar-refractivity contribution is 7.69. The van der Waals surface area contributed by atoms with E-state index >= 15 is 0 Å². The fourth-order valence-electron chi connectivity index (χ4n) is 2.12. The first-order valence-corrected chi connectivity index (χ1v) is 10.6. The Labute approximate surface area is 120 Å². The molecule has 3 aromatic carbocycles. The number of fused-ring (bicyclic) bond motifs is 2. The molecule has 0 saturated heterocycles. The Morgan fingerprint density at radius 2 is 1.17 bits per heavy atom. The second-order valence-electron chi connectivity index (χ2n) is 4.26. The molecule has 90 valence electrons. The van der Waals surface area contributed by atoms with Crippen molar-refractivity contribution in [1.82, 2.24) is 0 Å². The van der Waals surface area contributed by atoms with E-state index in [9.17, 15) is 0 Å². The normalized spacial score (nSPS) is 12.2. The van der Waals surface area contributed by atoms with Crippen molar-refractivity contribution in [3.05, 3.63) is 54.6 Å². The lowest BCUT2D eigenvalue weighted by atomic mass is 10.0. The van der Waals surface area contributed by atoms with Crippen LogP contribution in [0, 0.1) is 0 Å². The highest BCUT2D eigenvalue weighted by Crippen LogP contribution is 2.25. The molecule has 0 aliphatic carbocycles. The zero-order valence-corrected chi connectivity index (χ0v) is 12.6. The van der Waals surface area contributed by atoms with Crippen LogP contribution in [0.3, 0.4) is 0 Å². The number of rotatable bonds is 1. The smallest absolute Gasteiger partial charge is 0.121 e. The molecular formula is C14H9Cl3Si. The van der Waals surface area contributed by atoms with Crippen LogP contribution in [0.25, 0.3) is 21.5 Å². The molecule has 0 fully saturated rings. The summed E-state index contributed by atoms with van der Waals surface area (Å²) in [6, 6.07) is 15.7. The third-order valence-corrected chi connectivity index (χ3v) is 5.96. The lowest BCUT2D eigenvalue weighted by molar-refractivity contribution is 1.78. The first-order valence-electron chi connectivity index (χ1n) is 5.54. The van der Waals surface area contributed by atoms with Crippen LogP contribution in [0.2, 0.25) is 0 Å². The number of hydrogen-bond acceptors (Lipinski definition) is 0. The van der Waals surface area contributed by atoms with Gasteiger partial charge in [-0.25, -0.2) is 0 Å². The van der Waals surface area contributed by atoms with E-state index in [0.29, 0.717) is 0 Å². The van der Waals surface area contributed by atoms with Gasteiger partial charge in [0.1, 0.15) is 0 Å². The Morgan fingerprint density at radius 3 is 1.78 bits per heavy atom. The molecular weight excluding hydrogens is 303 g/mol. The third-order valence-electron chi connectivity index (χ3n) is 3.03. The van der Waals surface area contributed by atoms with Crippen molar-refractivity contribution in [2.75, 3.05) is 0 Å². The Bertz CT molecular complexity index is 732. The van der Waals surface area contributed by atoms with Crippen molar-refractivity contribution in [3.63, 3.8) is 0 Å². The van der Waals surface area contributed by atoms with Gasteiger partial charge in [-0.2, -0.15) is 0 Å². The molecule has 0 aliphatic rings. The summed E-state index contributed by atoms with van der Waals surface area (Å²) in [6.45, 7) is 0. The number of benzene rings is 3. The van der Waals surface area contributed by atoms with Crippen LogP contribution in [0.1, 0.15) is 0 Å². The Morgan fingerprint density at radius 1 is 0.611 bits per heavy atom. The van der Waals surface area contributed by atoms with E-state index in [1.54, 1.807) is 0 Å². The zero-order valence-electron chi connectivity index (χ0n) is 9.33. The maximum atomic E-state index is 6.05. The standard InChI is InChI=1S/C14H9Cl3Si/c15-18(16,17)14-6-5-12-7-10-3-1-2-4-11(10)8-13(12)9-14/h1-9H. The van der Waals surface area contributed by atoms with Crippen molar-refractivity contribution < 1.29 is 0 Å². The van der Waals surface area contributed by atoms with Gasteiger partial charge in [-0.05, 0) is 38.9 Å². The summed E-state index contributed by atoms with van der Waals surface area (Å²) >= 11 is 18.1. The molecule has 0 unspecified atom stereocenters. The molecule has 0 atom stereocenters. The highest BCUT2D eigenvalue weighted by Gasteiger charge is 2.27. The van der Waals surface area contributed by atoms with Gasteiger partial charge < -0.3 is 0 Å². The topological polar surface area (TPSA) is 0 Å². The van der Waals surface area contributed by atoms with E-state index in [-0.39, 0.29) is 0 Å². The van der Waals surface area contributed by atoms with Gasteiger partial charge in [0.25, 0.3) is 0 Å². The summed E-state index contributed by atoms with van der Waals surface area (Å²) < 4.78 is 0. The van der Waals surface area contributed by atoms with Gasteiger partial charge in [0.15, 0.2) is 0 Å². The summed E-state index contributed by atoms with van der Waals surface area (Å²) in [4.78, 5) is 0. The second kappa shape index (κ2) is 4.43. The average molecular weight is 312 g/mol. The second-order valence-corrected chi connectivity index (χ2v) is 12.7. The van der Waals surface area contributed by atoms with Gasteiger partial charge in [0.2, 0.25) is 0 Å². The van der Waals surface area contributed by atoms with E-state index in [4.69, 9.17) is 33.2 Å². The van der Waals surface area contributed by atoms with Gasteiger partial charge in [0, 0.05) is 0 Å². The van der Waals surface area contributed by atoms with Crippen LogP contribution in [0.15, 0.2) is 54.6 Å². The number of halogens is 3. The maximum Gasteiger partial charge on any atom is 0.372 e. The van der Waals surface area contributed by atoms with Crippen molar-refractivity contribution >= 4 is 66.0 Å². The van der Waals surface area contributed by atoms with Gasteiger partial charge in [-0.3, -0.25) is 0 Å². The minimum absolute atomic E-state index is 0.829. The van der Waals surface area contributed by atoms with E-state index in [2.05, 4.69) is 24.3 Å². The predicted molar refractivity (Wildman–Crippen MR) is 84.4 cm³/mol. The molecule has 0 bridgehead atoms. The van der Waals surface area contributed by atoms with Crippen molar-refractivity contribution in [2.45, 2.75) is 0 Å². The van der Waals surface area contributed by atoms with Crippen LogP contribution >= 0.6 is 33.2 Å². The monoisotopic (exact) mass is 310 g/mol. The molecule has 4 heteroatoms. The fourth-order valence-corrected chi connectivity index (χ4v) is 3.77. The number of hydrogen-bond donors (Lipinski definition) is 0. The molecule has 0 aromatic heterocycles. The summed E-state index contributed by atoms with van der Waals surface area (Å²) in [7, 11) is 0. The third kappa shape index (κ3) is 2.24. The molecule has 0 N–H and O–H groups in total. The van der Waals surface area contributed by atoms with E-state index in [0.717, 1.165) is 10.6 Å². The van der Waals surface area contributed by atoms with E-state index < -0.39 is 6.00 Å². The zero-order chi connectivity index (χ0) is 12.8. The predicted octanol–water partition coefficient (Wildman–Crippen LogP) is 4.86. The Hall–Kier alpha value is -0.733. The average Bonchev–Trinajstić information content (AvgIpc) is 2.34. The van der Waals surface area contributed by atoms with Crippen molar-refractivity contribution in [1.29, 1.82) is 0 Å². The molecule has 3 aromatic rings. The molecule has 0 spiro atoms. The molecule has 0 aliphatic heterocycles. The lowest BCUT2D eigenvalue weighted by Crippen LogP contribution is -2.29. The molecule has 0 amide bonds. The summed E-state index contributed by atoms with van der Waals surface area (Å²) in [5, 5.41) is 5.54. The molecule has 18 heavy (non-hydrogen) atoms. The molecule has 0 heterocycles. The molecule has 3 rings (SSSR count). The Kier molecular flexibility index (Phi) is 3.03. The van der Waals surface area contributed by atoms with Crippen LogP contribution in [0.4, 0.5) is 0 Å². The summed E-state index contributed by atoms with van der Waals surface area (Å²) in [6.07, 6.45) is 0. The molecule has 0 saturated carbocycles. The Balaban J connectivity index is 2.31. The van der Waals surface area contributed by atoms with Gasteiger partial charge in [-0.15, -0.1) is 33.2 Å². The van der Waals surface area contributed by atoms with Crippen LogP contribution in [-0.2, 0) is 0 Å². The maximum absolute atomic E-state index is 6.05. The summed E-state index contributed by atoms with van der Waals surface area (Å²) in [5.74, 6) is 0. The van der Waals surface area contributed by atoms with Gasteiger partial charge >= 0.3 is 6.00 Å². The van der Waals surface area contributed by atoms with Crippen LogP contribution in [-0.4, -0.2) is 6.00 Å². The minimum Gasteiger partial charge on any atom is -0.121 e. The molecule has 0 nitrogen and oxygen atoms in total. The fraction of sp³-hybridized carbons (Fsp3) is 0. The lowest BCUT2D eigenvalue weighted by Gasteiger charge is -2.10. The molecule has 0 radical (unpaired) electrons. The van der Waals surface area contributed by atoms with Gasteiger partial charge in [-0.1, -0.05) is 42.5 Å². The minimum atomic E-state index is -2.80. The van der Waals surface area contributed by atoms with Crippen molar-refractivity contribution in [3.8, 4) is 0 Å². The summed E-state index contributed by atoms with van der Waals surface area (Å²) in [5.41, 5.74) is 0. The van der Waals surface area contributed by atoms with Crippen molar-refractivity contribution in [2.24, 2.45) is 0 Å². The van der Waals surface area contributed by atoms with Crippen LogP contribution < -0.4 is 5.19 Å². The largest absolute Gasteiger partial charge is 0.372 e. The first kappa shape index (κ1) is 12.3. The quantitative estimate of drug-likeness (QED) is 0.342. The van der Waals surface area contributed by atoms with Gasteiger partial charge in [0.05, 0.1) is 0 Å². The van der Waals surface area contributed by atoms with Crippen LogP contribution in [0.5, 0.6) is 0 Å². The first-order chi connectivity index (χ1) is 8.54. The van der Waals surface area contributed by atoms with E-state index in [1.807, 2.05) is 30.3 Å². The van der Waals surface area contributed by atoms with E-state index in [1.165, 1.54) is 16.2 Å². The highest BCUT2D eigenvalue weighted by atomic mass is 35.8. The SMILES string of the molecule is Cl[Si](Cl)(Cl)c1ccc2cc3ccccc3cc2c1.